The molecule has 0 unspecified atom stereocenters. The van der Waals surface area contributed by atoms with E-state index in [1.807, 2.05) is 0 Å². The van der Waals surface area contributed by atoms with E-state index < -0.39 is 6.10 Å². The highest BCUT2D eigenvalue weighted by Crippen LogP contribution is 2.19. The molecule has 7 heteroatoms. The zero-order chi connectivity index (χ0) is 20.1. The molecular formula is C22H28N4O3. The van der Waals surface area contributed by atoms with Crippen LogP contribution in [-0.2, 0) is 24.1 Å². The second-order valence-electron chi connectivity index (χ2n) is 7.95. The second kappa shape index (κ2) is 9.43. The Balaban J connectivity index is 1.25. The van der Waals surface area contributed by atoms with Crippen LogP contribution in [0.3, 0.4) is 0 Å². The van der Waals surface area contributed by atoms with Gasteiger partial charge in [-0.05, 0) is 42.4 Å². The quantitative estimate of drug-likeness (QED) is 0.731. The molecule has 0 saturated carbocycles. The van der Waals surface area contributed by atoms with Gasteiger partial charge in [-0.15, -0.1) is 0 Å². The molecule has 0 radical (unpaired) electrons. The molecule has 154 valence electrons. The minimum absolute atomic E-state index is 0.201. The molecule has 3 heterocycles. The summed E-state index contributed by atoms with van der Waals surface area (Å²) in [6, 6.07) is 10.2. The van der Waals surface area contributed by atoms with Crippen molar-refractivity contribution in [3.05, 3.63) is 59.2 Å². The molecule has 4 rings (SSSR count). The van der Waals surface area contributed by atoms with E-state index in [0.717, 1.165) is 51.3 Å². The molecule has 0 spiro atoms. The Morgan fingerprint density at radius 1 is 1.31 bits per heavy atom. The Hall–Kier alpha value is -2.35. The summed E-state index contributed by atoms with van der Waals surface area (Å²) < 4.78 is 5.40. The van der Waals surface area contributed by atoms with Gasteiger partial charge in [0.05, 0.1) is 6.10 Å². The predicted molar refractivity (Wildman–Crippen MR) is 108 cm³/mol. The number of ether oxygens (including phenoxy) is 1. The molecule has 7 nitrogen and oxygen atoms in total. The zero-order valence-corrected chi connectivity index (χ0v) is 16.6. The first-order valence-corrected chi connectivity index (χ1v) is 10.3. The largest absolute Gasteiger partial charge is 0.390 e. The normalized spacial score (nSPS) is 20.2. The molecule has 1 aromatic carbocycles. The van der Waals surface area contributed by atoms with Gasteiger partial charge in [-0.3, -0.25) is 9.69 Å². The molecule has 1 saturated heterocycles. The maximum absolute atomic E-state index is 12.4. The average molecular weight is 396 g/mol. The molecule has 2 atom stereocenters. The van der Waals surface area contributed by atoms with Crippen LogP contribution in [0.1, 0.15) is 33.7 Å². The topological polar surface area (TPSA) is 87.6 Å². The van der Waals surface area contributed by atoms with Gasteiger partial charge in [0.15, 0.2) is 0 Å². The number of hydrogen-bond acceptors (Lipinski definition) is 6. The number of carbonyl (C=O) groups is 1. The van der Waals surface area contributed by atoms with E-state index in [4.69, 9.17) is 4.74 Å². The molecule has 2 aliphatic heterocycles. The maximum Gasteiger partial charge on any atom is 0.270 e. The third kappa shape index (κ3) is 5.38. The summed E-state index contributed by atoms with van der Waals surface area (Å²) in [5.41, 5.74) is 3.90. The van der Waals surface area contributed by atoms with Crippen LogP contribution in [-0.4, -0.2) is 64.8 Å². The molecule has 1 fully saturated rings. The van der Waals surface area contributed by atoms with Gasteiger partial charge < -0.3 is 15.2 Å². The van der Waals surface area contributed by atoms with Gasteiger partial charge >= 0.3 is 0 Å². The molecule has 0 aliphatic carbocycles. The highest BCUT2D eigenvalue weighted by atomic mass is 16.5. The van der Waals surface area contributed by atoms with Crippen LogP contribution in [0.15, 0.2) is 36.7 Å². The molecule has 0 bridgehead atoms. The third-order valence-electron chi connectivity index (χ3n) is 5.66. The summed E-state index contributed by atoms with van der Waals surface area (Å²) in [6.07, 6.45) is 3.62. The average Bonchev–Trinajstić information content (AvgIpc) is 3.25. The van der Waals surface area contributed by atoms with Crippen molar-refractivity contribution < 1.29 is 14.6 Å². The van der Waals surface area contributed by atoms with Crippen LogP contribution in [0, 0.1) is 5.92 Å². The molecular weight excluding hydrogens is 368 g/mol. The van der Waals surface area contributed by atoms with E-state index in [2.05, 4.69) is 44.5 Å². The lowest BCUT2D eigenvalue weighted by Crippen LogP contribution is -2.42. The number of aromatic nitrogens is 2. The van der Waals surface area contributed by atoms with E-state index in [0.29, 0.717) is 18.2 Å². The summed E-state index contributed by atoms with van der Waals surface area (Å²) in [5, 5.41) is 13.2. The number of amides is 1. The fraction of sp³-hybridized carbons (Fsp3) is 0.500. The number of nitrogens with zero attached hydrogens (tertiary/aromatic N) is 3. The molecule has 2 aliphatic rings. The summed E-state index contributed by atoms with van der Waals surface area (Å²) in [4.78, 5) is 23.0. The van der Waals surface area contributed by atoms with Crippen LogP contribution < -0.4 is 5.32 Å². The Labute approximate surface area is 171 Å². The first-order valence-electron chi connectivity index (χ1n) is 10.3. The van der Waals surface area contributed by atoms with Crippen LogP contribution in [0.25, 0.3) is 0 Å². The fourth-order valence-electron chi connectivity index (χ4n) is 4.05. The monoisotopic (exact) mass is 396 g/mol. The van der Waals surface area contributed by atoms with E-state index >= 15 is 0 Å². The van der Waals surface area contributed by atoms with Gasteiger partial charge in [-0.1, -0.05) is 24.3 Å². The van der Waals surface area contributed by atoms with Gasteiger partial charge in [0.1, 0.15) is 12.0 Å². The fourth-order valence-corrected chi connectivity index (χ4v) is 4.05. The number of rotatable bonds is 7. The Morgan fingerprint density at radius 3 is 3.00 bits per heavy atom. The minimum atomic E-state index is -0.624. The number of hydrogen-bond donors (Lipinski definition) is 2. The minimum Gasteiger partial charge on any atom is -0.390 e. The molecule has 1 amide bonds. The van der Waals surface area contributed by atoms with Crippen LogP contribution in [0.5, 0.6) is 0 Å². The van der Waals surface area contributed by atoms with Gasteiger partial charge in [0, 0.05) is 45.1 Å². The number of aliphatic hydroxyl groups is 1. The zero-order valence-electron chi connectivity index (χ0n) is 16.6. The van der Waals surface area contributed by atoms with Crippen molar-refractivity contribution in [2.75, 3.05) is 32.8 Å². The van der Waals surface area contributed by atoms with Crippen molar-refractivity contribution in [3.63, 3.8) is 0 Å². The van der Waals surface area contributed by atoms with Crippen molar-refractivity contribution in [3.8, 4) is 0 Å². The molecule has 1 aromatic heterocycles. The number of carbonyl (C=O) groups excluding carboxylic acids is 1. The highest BCUT2D eigenvalue weighted by molar-refractivity contribution is 5.92. The van der Waals surface area contributed by atoms with Gasteiger partial charge in [-0.25, -0.2) is 9.97 Å². The van der Waals surface area contributed by atoms with Crippen LogP contribution in [0.4, 0.5) is 0 Å². The Morgan fingerprint density at radius 2 is 2.17 bits per heavy atom. The van der Waals surface area contributed by atoms with Gasteiger partial charge in [0.2, 0.25) is 0 Å². The van der Waals surface area contributed by atoms with Crippen molar-refractivity contribution >= 4 is 5.91 Å². The third-order valence-corrected chi connectivity index (χ3v) is 5.66. The Kier molecular flexibility index (Phi) is 6.49. The molecule has 2 N–H and O–H groups in total. The van der Waals surface area contributed by atoms with E-state index in [1.165, 1.54) is 17.5 Å². The maximum atomic E-state index is 12.4. The second-order valence-corrected chi connectivity index (χ2v) is 7.95. The van der Waals surface area contributed by atoms with Crippen LogP contribution in [0.2, 0.25) is 0 Å². The summed E-state index contributed by atoms with van der Waals surface area (Å²) >= 11 is 0. The van der Waals surface area contributed by atoms with E-state index in [-0.39, 0.29) is 12.5 Å². The first kappa shape index (κ1) is 19.9. The van der Waals surface area contributed by atoms with E-state index in [9.17, 15) is 9.90 Å². The number of aliphatic hydroxyl groups excluding tert-OH is 1. The summed E-state index contributed by atoms with van der Waals surface area (Å²) in [7, 11) is 0. The number of fused-ring (bicyclic) bond motifs is 1. The number of β-amino-alcohol motifs (C(OH)–C–C–N with tert-alkyl or cyclic N) is 1. The van der Waals surface area contributed by atoms with Crippen molar-refractivity contribution in [1.82, 2.24) is 20.2 Å². The summed E-state index contributed by atoms with van der Waals surface area (Å²) in [5.74, 6) is 0.177. The van der Waals surface area contributed by atoms with Gasteiger partial charge in [-0.2, -0.15) is 0 Å². The lowest BCUT2D eigenvalue weighted by atomic mass is 10.00. The smallest absolute Gasteiger partial charge is 0.270 e. The standard InChI is InChI=1S/C22H28N4O3/c27-20(13-26-7-5-17-3-1-2-4-18(17)12-26)11-23-22(28)21-10-19(24-15-25-21)9-16-6-8-29-14-16/h1-4,10,15-16,20,27H,5-9,11-14H2,(H,23,28)/t16-,20-/m0/s1. The highest BCUT2D eigenvalue weighted by Gasteiger charge is 2.20. The Bertz CT molecular complexity index is 838. The van der Waals surface area contributed by atoms with E-state index in [1.54, 1.807) is 6.07 Å². The van der Waals surface area contributed by atoms with Crippen molar-refractivity contribution in [1.29, 1.82) is 0 Å². The van der Waals surface area contributed by atoms with Crippen LogP contribution >= 0.6 is 0 Å². The van der Waals surface area contributed by atoms with Crippen molar-refractivity contribution in [2.24, 2.45) is 5.92 Å². The predicted octanol–water partition coefficient (Wildman–Crippen LogP) is 1.20. The number of nitrogens with one attached hydrogen (secondary N) is 1. The lowest BCUT2D eigenvalue weighted by Gasteiger charge is -2.30. The lowest BCUT2D eigenvalue weighted by molar-refractivity contribution is 0.0838. The summed E-state index contributed by atoms with van der Waals surface area (Å²) in [6.45, 7) is 4.03. The SMILES string of the molecule is O=C(NC[C@H](O)CN1CCc2ccccc2C1)c1cc(C[C@@H]2CCOC2)ncn1. The molecule has 29 heavy (non-hydrogen) atoms. The van der Waals surface area contributed by atoms with Crippen molar-refractivity contribution in [2.45, 2.75) is 31.9 Å². The van der Waals surface area contributed by atoms with Gasteiger partial charge in [0.25, 0.3) is 5.91 Å². The first-order chi connectivity index (χ1) is 14.2. The number of benzene rings is 1. The molecule has 2 aromatic rings.